The number of ketones is 1. The molecule has 0 bridgehead atoms. The van der Waals surface area contributed by atoms with Gasteiger partial charge in [-0.25, -0.2) is 0 Å². The molecule has 1 fully saturated rings. The van der Waals surface area contributed by atoms with Crippen molar-refractivity contribution in [1.82, 2.24) is 15.1 Å². The molecule has 2 aromatic rings. The molecule has 1 saturated heterocycles. The van der Waals surface area contributed by atoms with E-state index in [1.54, 1.807) is 24.3 Å². The highest BCUT2D eigenvalue weighted by Crippen LogP contribution is 2.30. The van der Waals surface area contributed by atoms with Crippen LogP contribution in [0.25, 0.3) is 0 Å². The number of carbonyl (C=O) groups is 4. The summed E-state index contributed by atoms with van der Waals surface area (Å²) in [5.74, 6) is -1.82. The summed E-state index contributed by atoms with van der Waals surface area (Å²) in [7, 11) is 3.77. The zero-order valence-electron chi connectivity index (χ0n) is 23.1. The van der Waals surface area contributed by atoms with Crippen LogP contribution in [0.5, 0.6) is 0 Å². The summed E-state index contributed by atoms with van der Waals surface area (Å²) in [6.45, 7) is 3.48. The average molecular weight is 561 g/mol. The van der Waals surface area contributed by atoms with Gasteiger partial charge in [-0.2, -0.15) is 13.2 Å². The lowest BCUT2D eigenvalue weighted by molar-refractivity contribution is -0.138. The van der Waals surface area contributed by atoms with Crippen LogP contribution in [-0.2, 0) is 15.8 Å². The van der Waals surface area contributed by atoms with E-state index in [0.29, 0.717) is 18.4 Å². The van der Waals surface area contributed by atoms with Gasteiger partial charge in [0.15, 0.2) is 5.78 Å². The molecule has 1 N–H and O–H groups in total. The number of nitrogens with zero attached hydrogens (tertiary/aromatic N) is 3. The third-order valence-electron chi connectivity index (χ3n) is 6.58. The van der Waals surface area contributed by atoms with Crippen LogP contribution in [0.2, 0.25) is 0 Å². The van der Waals surface area contributed by atoms with Crippen LogP contribution >= 0.6 is 0 Å². The molecule has 8 nitrogen and oxygen atoms in total. The lowest BCUT2D eigenvalue weighted by Gasteiger charge is -2.32. The number of rotatable bonds is 7. The number of Topliss-reactive ketones (excluding diaryl/α,β-unsaturated/α-hetero) is 1. The van der Waals surface area contributed by atoms with Crippen LogP contribution in [0.4, 0.5) is 18.9 Å². The van der Waals surface area contributed by atoms with Crippen molar-refractivity contribution in [3.63, 3.8) is 0 Å². The Hall–Kier alpha value is -3.89. The Morgan fingerprint density at radius 2 is 1.57 bits per heavy atom. The minimum atomic E-state index is -4.60. The summed E-state index contributed by atoms with van der Waals surface area (Å²) in [4.78, 5) is 56.7. The van der Waals surface area contributed by atoms with E-state index in [2.05, 4.69) is 5.32 Å². The fraction of sp³-hybridized carbons (Fsp3) is 0.448. The Morgan fingerprint density at radius 3 is 2.17 bits per heavy atom. The molecule has 3 rings (SSSR count). The fourth-order valence-electron chi connectivity index (χ4n) is 4.52. The van der Waals surface area contributed by atoms with E-state index < -0.39 is 41.3 Å². The zero-order chi connectivity index (χ0) is 29.6. The molecule has 3 amide bonds. The van der Waals surface area contributed by atoms with Crippen LogP contribution in [0.15, 0.2) is 48.5 Å². The third kappa shape index (κ3) is 8.06. The number of amides is 3. The second-order valence-electron chi connectivity index (χ2n) is 10.6. The van der Waals surface area contributed by atoms with Crippen molar-refractivity contribution in [3.8, 4) is 0 Å². The van der Waals surface area contributed by atoms with Crippen molar-refractivity contribution in [1.29, 1.82) is 0 Å². The maximum atomic E-state index is 13.5. The Bertz CT molecular complexity index is 1230. The Balaban J connectivity index is 1.69. The highest BCUT2D eigenvalue weighted by molar-refractivity contribution is 6.00. The topological polar surface area (TPSA) is 90.0 Å². The number of hydrogen-bond acceptors (Lipinski definition) is 5. The van der Waals surface area contributed by atoms with Crippen LogP contribution in [0.3, 0.4) is 0 Å². The SMILES string of the molecule is CC(C)C[C@H](NC(=O)c1ccc(N(C)C)cc1)C(=O)N1CCCN(C(=O)c2cccc(C(F)(F)F)c2)CC(=O)C1. The quantitative estimate of drug-likeness (QED) is 0.556. The first kappa shape index (κ1) is 30.6. The smallest absolute Gasteiger partial charge is 0.378 e. The summed E-state index contributed by atoms with van der Waals surface area (Å²) in [5, 5.41) is 2.82. The van der Waals surface area contributed by atoms with Gasteiger partial charge < -0.3 is 20.0 Å². The molecule has 1 aliphatic heterocycles. The second-order valence-corrected chi connectivity index (χ2v) is 10.6. The van der Waals surface area contributed by atoms with E-state index in [1.165, 1.54) is 15.9 Å². The summed E-state index contributed by atoms with van der Waals surface area (Å²) in [6.07, 6.45) is -3.91. The number of alkyl halides is 3. The molecule has 0 spiro atoms. The van der Waals surface area contributed by atoms with Gasteiger partial charge in [-0.3, -0.25) is 19.2 Å². The summed E-state index contributed by atoms with van der Waals surface area (Å²) in [6, 6.07) is 10.2. The normalized spacial score (nSPS) is 15.3. The van der Waals surface area contributed by atoms with Gasteiger partial charge in [-0.1, -0.05) is 19.9 Å². The minimum Gasteiger partial charge on any atom is -0.378 e. The number of hydrogen-bond donors (Lipinski definition) is 1. The van der Waals surface area contributed by atoms with E-state index in [0.717, 1.165) is 23.9 Å². The van der Waals surface area contributed by atoms with Gasteiger partial charge in [-0.15, -0.1) is 0 Å². The molecule has 1 aliphatic rings. The van der Waals surface area contributed by atoms with Crippen molar-refractivity contribution in [2.75, 3.05) is 45.2 Å². The molecule has 0 aliphatic carbocycles. The first-order valence-corrected chi connectivity index (χ1v) is 13.1. The van der Waals surface area contributed by atoms with Crippen LogP contribution in [0, 0.1) is 5.92 Å². The Morgan fingerprint density at radius 1 is 0.950 bits per heavy atom. The molecule has 40 heavy (non-hydrogen) atoms. The molecule has 11 heteroatoms. The largest absolute Gasteiger partial charge is 0.416 e. The molecule has 1 atom stereocenters. The molecule has 0 aromatic heterocycles. The van der Waals surface area contributed by atoms with E-state index in [4.69, 9.17) is 0 Å². The Kier molecular flexibility index (Phi) is 9.94. The van der Waals surface area contributed by atoms with Crippen molar-refractivity contribution >= 4 is 29.2 Å². The molecule has 2 aromatic carbocycles. The number of nitrogens with one attached hydrogen (secondary N) is 1. The fourth-order valence-corrected chi connectivity index (χ4v) is 4.52. The van der Waals surface area contributed by atoms with Gasteiger partial charge >= 0.3 is 6.18 Å². The van der Waals surface area contributed by atoms with E-state index in [1.807, 2.05) is 32.8 Å². The maximum absolute atomic E-state index is 13.5. The van der Waals surface area contributed by atoms with E-state index in [-0.39, 0.29) is 37.7 Å². The predicted octanol–water partition coefficient (Wildman–Crippen LogP) is 3.86. The highest BCUT2D eigenvalue weighted by Gasteiger charge is 2.33. The van der Waals surface area contributed by atoms with Crippen LogP contribution < -0.4 is 10.2 Å². The number of halogens is 3. The van der Waals surface area contributed by atoms with Crippen molar-refractivity contribution in [2.24, 2.45) is 5.92 Å². The van der Waals surface area contributed by atoms with Gasteiger partial charge in [0.1, 0.15) is 6.04 Å². The van der Waals surface area contributed by atoms with Gasteiger partial charge in [0.05, 0.1) is 18.7 Å². The first-order valence-electron chi connectivity index (χ1n) is 13.1. The second kappa shape index (κ2) is 13.0. The van der Waals surface area contributed by atoms with Gasteiger partial charge in [0.25, 0.3) is 11.8 Å². The van der Waals surface area contributed by atoms with Gasteiger partial charge in [0.2, 0.25) is 5.91 Å². The summed E-state index contributed by atoms with van der Waals surface area (Å²) < 4.78 is 39.3. The zero-order valence-corrected chi connectivity index (χ0v) is 23.1. The number of benzene rings is 2. The molecule has 0 saturated carbocycles. The monoisotopic (exact) mass is 560 g/mol. The first-order chi connectivity index (χ1) is 18.8. The number of anilines is 1. The summed E-state index contributed by atoms with van der Waals surface area (Å²) in [5.41, 5.74) is 0.223. The van der Waals surface area contributed by atoms with Crippen LogP contribution in [0.1, 0.15) is 53.0 Å². The average Bonchev–Trinajstić information content (AvgIpc) is 2.88. The lowest BCUT2D eigenvalue weighted by atomic mass is 10.0. The lowest BCUT2D eigenvalue weighted by Crippen LogP contribution is -2.53. The van der Waals surface area contributed by atoms with Gasteiger partial charge in [0, 0.05) is 44.0 Å². The van der Waals surface area contributed by atoms with E-state index >= 15 is 0 Å². The van der Waals surface area contributed by atoms with Crippen molar-refractivity contribution < 1.29 is 32.3 Å². The number of carbonyl (C=O) groups excluding carboxylic acids is 4. The standard InChI is InChI=1S/C29H35F3N4O4/c1-19(2)15-25(33-26(38)20-9-11-23(12-10-20)34(3)4)28(40)36-14-6-13-35(17-24(37)18-36)27(39)21-7-5-8-22(16-21)29(30,31)32/h5,7-12,16,19,25H,6,13-15,17-18H2,1-4H3,(H,33,38)/t25-/m0/s1. The minimum absolute atomic E-state index is 0.0800. The van der Waals surface area contributed by atoms with Crippen molar-refractivity contribution in [3.05, 3.63) is 65.2 Å². The predicted molar refractivity (Wildman–Crippen MR) is 145 cm³/mol. The molecule has 216 valence electrons. The van der Waals surface area contributed by atoms with Crippen molar-refractivity contribution in [2.45, 2.75) is 38.9 Å². The molecular formula is C29H35F3N4O4. The van der Waals surface area contributed by atoms with Gasteiger partial charge in [-0.05, 0) is 61.2 Å². The third-order valence-corrected chi connectivity index (χ3v) is 6.58. The molecule has 1 heterocycles. The Labute approximate surface area is 232 Å². The molecule has 0 unspecified atom stereocenters. The summed E-state index contributed by atoms with van der Waals surface area (Å²) >= 11 is 0. The van der Waals surface area contributed by atoms with Crippen LogP contribution in [-0.4, -0.2) is 79.6 Å². The molecule has 0 radical (unpaired) electrons. The molecular weight excluding hydrogens is 525 g/mol. The maximum Gasteiger partial charge on any atom is 0.416 e. The highest BCUT2D eigenvalue weighted by atomic mass is 19.4. The van der Waals surface area contributed by atoms with E-state index in [9.17, 15) is 32.3 Å².